The fourth-order valence-electron chi connectivity index (χ4n) is 1.78. The summed E-state index contributed by atoms with van der Waals surface area (Å²) in [7, 11) is 0. The zero-order chi connectivity index (χ0) is 8.32. The highest BCUT2D eigenvalue weighted by Gasteiger charge is 2.28. The van der Waals surface area contributed by atoms with E-state index < -0.39 is 0 Å². The fourth-order valence-corrected chi connectivity index (χ4v) is 1.78. The van der Waals surface area contributed by atoms with Gasteiger partial charge < -0.3 is 0 Å². The molecule has 0 radical (unpaired) electrons. The molecule has 0 nitrogen and oxygen atoms in total. The first-order chi connectivity index (χ1) is 5.21. The van der Waals surface area contributed by atoms with E-state index in [0.717, 1.165) is 5.92 Å². The van der Waals surface area contributed by atoms with Crippen LogP contribution in [0.25, 0.3) is 0 Å². The third-order valence-electron chi connectivity index (χ3n) is 2.98. The van der Waals surface area contributed by atoms with Gasteiger partial charge in [-0.1, -0.05) is 45.1 Å². The summed E-state index contributed by atoms with van der Waals surface area (Å²) in [5, 5.41) is 0. The van der Waals surface area contributed by atoms with Crippen LogP contribution in [0.2, 0.25) is 0 Å². The second kappa shape index (κ2) is 3.25. The van der Waals surface area contributed by atoms with Crippen LogP contribution in [0.4, 0.5) is 0 Å². The number of hydrogen-bond donors (Lipinski definition) is 0. The molecule has 0 bridgehead atoms. The van der Waals surface area contributed by atoms with Crippen LogP contribution in [0.1, 0.15) is 33.6 Å². The number of rotatable bonds is 2. The number of hydrogen-bond acceptors (Lipinski definition) is 0. The molecule has 1 atom stereocenters. The van der Waals surface area contributed by atoms with Gasteiger partial charge in [-0.2, -0.15) is 0 Å². The SMILES string of the molecule is CCC1(C(C)C)C=CC=CC1. The van der Waals surface area contributed by atoms with Gasteiger partial charge in [0, 0.05) is 0 Å². The molecule has 0 heteroatoms. The van der Waals surface area contributed by atoms with Crippen LogP contribution in [-0.2, 0) is 0 Å². The molecule has 0 aliphatic heterocycles. The molecule has 0 aromatic rings. The molecule has 0 saturated heterocycles. The largest absolute Gasteiger partial charge is 0.0837 e. The van der Waals surface area contributed by atoms with Crippen molar-refractivity contribution in [1.29, 1.82) is 0 Å². The summed E-state index contributed by atoms with van der Waals surface area (Å²) in [6.45, 7) is 6.91. The van der Waals surface area contributed by atoms with Crippen LogP contribution < -0.4 is 0 Å². The standard InChI is InChI=1S/C11H18/c1-4-11(10(2)3)8-6-5-7-9-11/h5-8,10H,4,9H2,1-3H3. The van der Waals surface area contributed by atoms with Gasteiger partial charge in [-0.25, -0.2) is 0 Å². The average molecular weight is 150 g/mol. The summed E-state index contributed by atoms with van der Waals surface area (Å²) in [5.74, 6) is 0.758. The zero-order valence-electron chi connectivity index (χ0n) is 7.80. The third kappa shape index (κ3) is 1.55. The lowest BCUT2D eigenvalue weighted by Crippen LogP contribution is -2.24. The maximum absolute atomic E-state index is 2.37. The monoisotopic (exact) mass is 150 g/mol. The first-order valence-electron chi connectivity index (χ1n) is 4.55. The van der Waals surface area contributed by atoms with Crippen molar-refractivity contribution in [2.24, 2.45) is 11.3 Å². The van der Waals surface area contributed by atoms with E-state index in [0.29, 0.717) is 5.41 Å². The van der Waals surface area contributed by atoms with E-state index in [-0.39, 0.29) is 0 Å². The maximum Gasteiger partial charge on any atom is -0.00602 e. The van der Waals surface area contributed by atoms with E-state index in [2.05, 4.69) is 45.1 Å². The van der Waals surface area contributed by atoms with Crippen molar-refractivity contribution in [3.8, 4) is 0 Å². The Balaban J connectivity index is 2.77. The van der Waals surface area contributed by atoms with Crippen molar-refractivity contribution < 1.29 is 0 Å². The molecular weight excluding hydrogens is 132 g/mol. The summed E-state index contributed by atoms with van der Waals surface area (Å²) in [4.78, 5) is 0. The number of allylic oxidation sites excluding steroid dienone is 4. The van der Waals surface area contributed by atoms with E-state index in [9.17, 15) is 0 Å². The Kier molecular flexibility index (Phi) is 2.53. The van der Waals surface area contributed by atoms with Crippen LogP contribution in [0.5, 0.6) is 0 Å². The van der Waals surface area contributed by atoms with Crippen LogP contribution in [0, 0.1) is 11.3 Å². The normalized spacial score (nSPS) is 29.8. The minimum atomic E-state index is 0.453. The molecule has 0 fully saturated rings. The Labute approximate surface area is 70.0 Å². The van der Waals surface area contributed by atoms with E-state index >= 15 is 0 Å². The van der Waals surface area contributed by atoms with Crippen molar-refractivity contribution in [2.45, 2.75) is 33.6 Å². The molecule has 0 saturated carbocycles. The second-order valence-corrected chi connectivity index (χ2v) is 3.73. The Bertz CT molecular complexity index is 174. The van der Waals surface area contributed by atoms with Crippen LogP contribution in [0.3, 0.4) is 0 Å². The van der Waals surface area contributed by atoms with E-state index in [1.54, 1.807) is 0 Å². The van der Waals surface area contributed by atoms with Crippen molar-refractivity contribution >= 4 is 0 Å². The van der Waals surface area contributed by atoms with Crippen molar-refractivity contribution in [3.63, 3.8) is 0 Å². The highest BCUT2D eigenvalue weighted by molar-refractivity contribution is 5.17. The quantitative estimate of drug-likeness (QED) is 0.564. The summed E-state index contributed by atoms with van der Waals surface area (Å²) >= 11 is 0. The molecule has 0 heterocycles. The molecule has 1 aliphatic carbocycles. The Hall–Kier alpha value is -0.520. The van der Waals surface area contributed by atoms with Crippen molar-refractivity contribution in [1.82, 2.24) is 0 Å². The van der Waals surface area contributed by atoms with E-state index in [4.69, 9.17) is 0 Å². The highest BCUT2D eigenvalue weighted by atomic mass is 14.3. The first-order valence-corrected chi connectivity index (χ1v) is 4.55. The summed E-state index contributed by atoms with van der Waals surface area (Å²) in [6.07, 6.45) is 11.5. The molecule has 62 valence electrons. The molecule has 1 aliphatic rings. The molecule has 0 amide bonds. The van der Waals surface area contributed by atoms with Gasteiger partial charge in [-0.15, -0.1) is 0 Å². The van der Waals surface area contributed by atoms with Crippen LogP contribution in [-0.4, -0.2) is 0 Å². The lowest BCUT2D eigenvalue weighted by Gasteiger charge is -2.34. The predicted octanol–water partition coefficient (Wildman–Crippen LogP) is 3.55. The average Bonchev–Trinajstić information content (AvgIpc) is 2.05. The Morgan fingerprint density at radius 2 is 2.09 bits per heavy atom. The van der Waals surface area contributed by atoms with Crippen LogP contribution in [0.15, 0.2) is 24.3 Å². The molecular formula is C11H18. The van der Waals surface area contributed by atoms with E-state index in [1.165, 1.54) is 12.8 Å². The zero-order valence-corrected chi connectivity index (χ0v) is 7.80. The van der Waals surface area contributed by atoms with Crippen LogP contribution >= 0.6 is 0 Å². The molecule has 0 aromatic carbocycles. The van der Waals surface area contributed by atoms with Gasteiger partial charge in [-0.05, 0) is 24.2 Å². The second-order valence-electron chi connectivity index (χ2n) is 3.73. The minimum Gasteiger partial charge on any atom is -0.0837 e. The lowest BCUT2D eigenvalue weighted by atomic mass is 9.71. The fraction of sp³-hybridized carbons (Fsp3) is 0.636. The van der Waals surface area contributed by atoms with Crippen molar-refractivity contribution in [2.75, 3.05) is 0 Å². The summed E-state index contributed by atoms with van der Waals surface area (Å²) in [5.41, 5.74) is 0.453. The maximum atomic E-state index is 2.37. The van der Waals surface area contributed by atoms with Gasteiger partial charge in [0.15, 0.2) is 0 Å². The van der Waals surface area contributed by atoms with Gasteiger partial charge in [0.25, 0.3) is 0 Å². The molecule has 1 unspecified atom stereocenters. The molecule has 0 spiro atoms. The molecule has 11 heavy (non-hydrogen) atoms. The third-order valence-corrected chi connectivity index (χ3v) is 2.98. The Morgan fingerprint density at radius 1 is 1.36 bits per heavy atom. The van der Waals surface area contributed by atoms with Gasteiger partial charge in [-0.3, -0.25) is 0 Å². The topological polar surface area (TPSA) is 0 Å². The molecule has 1 rings (SSSR count). The van der Waals surface area contributed by atoms with Gasteiger partial charge in [0.2, 0.25) is 0 Å². The van der Waals surface area contributed by atoms with Gasteiger partial charge in [0.05, 0.1) is 0 Å². The molecule has 0 N–H and O–H groups in total. The van der Waals surface area contributed by atoms with Gasteiger partial charge in [0.1, 0.15) is 0 Å². The Morgan fingerprint density at radius 3 is 2.36 bits per heavy atom. The van der Waals surface area contributed by atoms with Gasteiger partial charge >= 0.3 is 0 Å². The highest BCUT2D eigenvalue weighted by Crippen LogP contribution is 2.38. The lowest BCUT2D eigenvalue weighted by molar-refractivity contribution is 0.255. The summed E-state index contributed by atoms with van der Waals surface area (Å²) in [6, 6.07) is 0. The predicted molar refractivity (Wildman–Crippen MR) is 50.5 cm³/mol. The van der Waals surface area contributed by atoms with Crippen molar-refractivity contribution in [3.05, 3.63) is 24.3 Å². The smallest absolute Gasteiger partial charge is 0.00602 e. The summed E-state index contributed by atoms with van der Waals surface area (Å²) < 4.78 is 0. The molecule has 0 aromatic heterocycles. The van der Waals surface area contributed by atoms with E-state index in [1.807, 2.05) is 0 Å². The first kappa shape index (κ1) is 8.58. The minimum absolute atomic E-state index is 0.453.